The Kier molecular flexibility index (Phi) is 4.06. The largest absolute Gasteiger partial charge is 0.487 e. The van der Waals surface area contributed by atoms with Crippen LogP contribution in [0.2, 0.25) is 5.02 Å². The molecule has 5 nitrogen and oxygen atoms in total. The highest BCUT2D eigenvalue weighted by molar-refractivity contribution is 6.31. The lowest BCUT2D eigenvalue weighted by atomic mass is 9.89. The van der Waals surface area contributed by atoms with Gasteiger partial charge in [-0.2, -0.15) is 0 Å². The zero-order valence-corrected chi connectivity index (χ0v) is 12.5. The van der Waals surface area contributed by atoms with Gasteiger partial charge in [0.2, 0.25) is 0 Å². The summed E-state index contributed by atoms with van der Waals surface area (Å²) in [6.45, 7) is 2.49. The van der Waals surface area contributed by atoms with Gasteiger partial charge >= 0.3 is 0 Å². The van der Waals surface area contributed by atoms with Gasteiger partial charge < -0.3 is 20.5 Å². The summed E-state index contributed by atoms with van der Waals surface area (Å²) < 4.78 is 11.9. The Morgan fingerprint density at radius 1 is 1.43 bits per heavy atom. The van der Waals surface area contributed by atoms with E-state index in [-0.39, 0.29) is 11.7 Å². The molecule has 0 aromatic heterocycles. The maximum absolute atomic E-state index is 11.5. The lowest BCUT2D eigenvalue weighted by Crippen LogP contribution is -2.41. The standard InChI is InChI=1S/C15H19ClN2O3/c16-10-1-2-13(12(7-10)14(17)19)21-11-8-15(20-9-11)3-5-18-6-4-15/h1-2,7,11,18H,3-6,8-9H2,(H2,17,19). The number of rotatable bonds is 3. The summed E-state index contributed by atoms with van der Waals surface area (Å²) >= 11 is 5.90. The minimum Gasteiger partial charge on any atom is -0.487 e. The van der Waals surface area contributed by atoms with Crippen LogP contribution in [0, 0.1) is 0 Å². The first kappa shape index (κ1) is 14.6. The molecule has 114 valence electrons. The molecule has 1 aromatic rings. The van der Waals surface area contributed by atoms with Crippen molar-refractivity contribution in [3.63, 3.8) is 0 Å². The van der Waals surface area contributed by atoms with E-state index in [0.29, 0.717) is 22.9 Å². The predicted molar refractivity (Wildman–Crippen MR) is 79.8 cm³/mol. The maximum Gasteiger partial charge on any atom is 0.252 e. The molecule has 2 aliphatic rings. The average molecular weight is 311 g/mol. The molecular weight excluding hydrogens is 292 g/mol. The molecule has 1 aromatic carbocycles. The maximum atomic E-state index is 11.5. The Hall–Kier alpha value is -1.30. The van der Waals surface area contributed by atoms with E-state index in [2.05, 4.69) is 5.32 Å². The third-order valence-corrected chi connectivity index (χ3v) is 4.43. The number of piperidine rings is 1. The van der Waals surface area contributed by atoms with Crippen molar-refractivity contribution in [3.05, 3.63) is 28.8 Å². The average Bonchev–Trinajstić information content (AvgIpc) is 2.84. The Labute approximate surface area is 128 Å². The number of nitrogens with one attached hydrogen (secondary N) is 1. The number of nitrogens with two attached hydrogens (primary N) is 1. The molecule has 3 rings (SSSR count). The number of benzene rings is 1. The third kappa shape index (κ3) is 3.15. The molecular formula is C15H19ClN2O3. The molecule has 1 spiro atoms. The van der Waals surface area contributed by atoms with Crippen molar-refractivity contribution < 1.29 is 14.3 Å². The van der Waals surface area contributed by atoms with Crippen LogP contribution in [0.4, 0.5) is 0 Å². The minimum absolute atomic E-state index is 0.0534. The van der Waals surface area contributed by atoms with Crippen molar-refractivity contribution in [3.8, 4) is 5.75 Å². The zero-order chi connectivity index (χ0) is 14.9. The van der Waals surface area contributed by atoms with E-state index in [9.17, 15) is 4.79 Å². The second-order valence-electron chi connectivity index (χ2n) is 5.69. The first-order valence-electron chi connectivity index (χ1n) is 7.19. The van der Waals surface area contributed by atoms with Crippen LogP contribution in [0.1, 0.15) is 29.6 Å². The van der Waals surface area contributed by atoms with E-state index in [0.717, 1.165) is 32.4 Å². The van der Waals surface area contributed by atoms with E-state index in [1.807, 2.05) is 0 Å². The monoisotopic (exact) mass is 310 g/mol. The van der Waals surface area contributed by atoms with Crippen LogP contribution in [0.5, 0.6) is 5.75 Å². The summed E-state index contributed by atoms with van der Waals surface area (Å²) in [5.74, 6) is -0.0607. The van der Waals surface area contributed by atoms with Crippen LogP contribution in [0.25, 0.3) is 0 Å². The normalized spacial score (nSPS) is 24.1. The van der Waals surface area contributed by atoms with Gasteiger partial charge in [-0.3, -0.25) is 4.79 Å². The van der Waals surface area contributed by atoms with E-state index in [4.69, 9.17) is 26.8 Å². The Balaban J connectivity index is 1.72. The van der Waals surface area contributed by atoms with Crippen molar-refractivity contribution in [1.29, 1.82) is 0 Å². The van der Waals surface area contributed by atoms with Gasteiger partial charge in [0.1, 0.15) is 11.9 Å². The highest BCUT2D eigenvalue weighted by Gasteiger charge is 2.42. The summed E-state index contributed by atoms with van der Waals surface area (Å²) in [7, 11) is 0. The van der Waals surface area contributed by atoms with Gasteiger partial charge in [-0.15, -0.1) is 0 Å². The van der Waals surface area contributed by atoms with Gasteiger partial charge in [0.15, 0.2) is 0 Å². The third-order valence-electron chi connectivity index (χ3n) is 4.19. The molecule has 0 radical (unpaired) electrons. The molecule has 1 amide bonds. The summed E-state index contributed by atoms with van der Waals surface area (Å²) in [4.78, 5) is 11.5. The fraction of sp³-hybridized carbons (Fsp3) is 0.533. The van der Waals surface area contributed by atoms with E-state index < -0.39 is 5.91 Å². The minimum atomic E-state index is -0.539. The predicted octanol–water partition coefficient (Wildman–Crippen LogP) is 1.73. The molecule has 2 saturated heterocycles. The van der Waals surface area contributed by atoms with Gasteiger partial charge in [-0.1, -0.05) is 11.6 Å². The molecule has 1 unspecified atom stereocenters. The number of amides is 1. The Bertz CT molecular complexity index is 544. The van der Waals surface area contributed by atoms with Crippen molar-refractivity contribution in [1.82, 2.24) is 5.32 Å². The van der Waals surface area contributed by atoms with Crippen molar-refractivity contribution in [2.45, 2.75) is 31.0 Å². The van der Waals surface area contributed by atoms with Crippen LogP contribution in [-0.4, -0.2) is 37.3 Å². The number of ether oxygens (including phenoxy) is 2. The number of carbonyl (C=O) groups excluding carboxylic acids is 1. The number of hydrogen-bond donors (Lipinski definition) is 2. The highest BCUT2D eigenvalue weighted by atomic mass is 35.5. The lowest BCUT2D eigenvalue weighted by molar-refractivity contribution is -0.0205. The van der Waals surface area contributed by atoms with Crippen LogP contribution >= 0.6 is 11.6 Å². The molecule has 0 saturated carbocycles. The van der Waals surface area contributed by atoms with Gasteiger partial charge in [-0.25, -0.2) is 0 Å². The second kappa shape index (κ2) is 5.83. The SMILES string of the molecule is NC(=O)c1cc(Cl)ccc1OC1COC2(CCNCC2)C1. The van der Waals surface area contributed by atoms with Crippen LogP contribution in [-0.2, 0) is 4.74 Å². The molecule has 0 aliphatic carbocycles. The summed E-state index contributed by atoms with van der Waals surface area (Å²) in [5, 5.41) is 3.80. The highest BCUT2D eigenvalue weighted by Crippen LogP contribution is 2.36. The van der Waals surface area contributed by atoms with E-state index in [1.165, 1.54) is 6.07 Å². The molecule has 2 fully saturated rings. The molecule has 21 heavy (non-hydrogen) atoms. The summed E-state index contributed by atoms with van der Waals surface area (Å²) in [6.07, 6.45) is 2.78. The Morgan fingerprint density at radius 2 is 2.19 bits per heavy atom. The zero-order valence-electron chi connectivity index (χ0n) is 11.7. The van der Waals surface area contributed by atoms with Crippen molar-refractivity contribution in [2.24, 2.45) is 5.73 Å². The van der Waals surface area contributed by atoms with E-state index >= 15 is 0 Å². The summed E-state index contributed by atoms with van der Waals surface area (Å²) in [5.41, 5.74) is 5.62. The lowest BCUT2D eigenvalue weighted by Gasteiger charge is -2.32. The van der Waals surface area contributed by atoms with Gasteiger partial charge in [0.05, 0.1) is 17.8 Å². The fourth-order valence-electron chi connectivity index (χ4n) is 3.09. The molecule has 6 heteroatoms. The topological polar surface area (TPSA) is 73.6 Å². The molecule has 2 heterocycles. The van der Waals surface area contributed by atoms with Gasteiger partial charge in [0, 0.05) is 11.4 Å². The van der Waals surface area contributed by atoms with Gasteiger partial charge in [0.25, 0.3) is 5.91 Å². The molecule has 1 atom stereocenters. The first-order valence-corrected chi connectivity index (χ1v) is 7.56. The van der Waals surface area contributed by atoms with Crippen molar-refractivity contribution >= 4 is 17.5 Å². The van der Waals surface area contributed by atoms with Crippen LogP contribution < -0.4 is 15.8 Å². The number of primary amides is 1. The fourth-order valence-corrected chi connectivity index (χ4v) is 3.26. The van der Waals surface area contributed by atoms with Crippen molar-refractivity contribution in [2.75, 3.05) is 19.7 Å². The van der Waals surface area contributed by atoms with E-state index in [1.54, 1.807) is 12.1 Å². The number of halogens is 1. The second-order valence-corrected chi connectivity index (χ2v) is 6.13. The van der Waals surface area contributed by atoms with Crippen LogP contribution in [0.3, 0.4) is 0 Å². The quantitative estimate of drug-likeness (QED) is 0.891. The van der Waals surface area contributed by atoms with Crippen LogP contribution in [0.15, 0.2) is 18.2 Å². The summed E-state index contributed by atoms with van der Waals surface area (Å²) in [6, 6.07) is 4.92. The Morgan fingerprint density at radius 3 is 2.90 bits per heavy atom. The van der Waals surface area contributed by atoms with Gasteiger partial charge in [-0.05, 0) is 44.1 Å². The number of hydrogen-bond acceptors (Lipinski definition) is 4. The molecule has 0 bridgehead atoms. The smallest absolute Gasteiger partial charge is 0.252 e. The number of carbonyl (C=O) groups is 1. The molecule has 2 aliphatic heterocycles. The first-order chi connectivity index (χ1) is 10.1. The molecule has 3 N–H and O–H groups in total.